The predicted octanol–water partition coefficient (Wildman–Crippen LogP) is 9.58. The minimum Gasteiger partial charge on any atom is -0.374 e. The maximum atomic E-state index is 14.4. The summed E-state index contributed by atoms with van der Waals surface area (Å²) in [5.74, 6) is 1.67. The standard InChI is InChI=1S/C52H69N11O3S/c1-35-37-15-14-24-62(46(37)60-59-45(35)58-48-56-40-16-9-10-17-41(40)67-48)43-20-19-38(44(57-43)47(65)54-21-11-7-5-6-8-18-42(53)64)39-27-55-63(36(39)2)34-51-29-49(3)28-50(4,30-51)32-52(31-49,33-51)66-26-25-61-22-12-13-23-61/h9-10,16-17,19-20,27H,5-8,11-15,18,21-26,28-34H2,1-4H3,(H2,53,64)(H,54,65)(H,56,58,59). The lowest BCUT2D eigenvalue weighted by Gasteiger charge is -2.69. The molecule has 4 aliphatic carbocycles. The van der Waals surface area contributed by atoms with E-state index in [1.165, 1.54) is 45.2 Å². The average Bonchev–Trinajstić information content (AvgIpc) is 4.04. The zero-order valence-corrected chi connectivity index (χ0v) is 40.9. The number of hydrogen-bond acceptors (Lipinski definition) is 12. The second kappa shape index (κ2) is 18.5. The number of amides is 2. The third-order valence-corrected chi connectivity index (χ3v) is 16.7. The summed E-state index contributed by atoms with van der Waals surface area (Å²) < 4.78 is 10.4. The molecular formula is C52H69N11O3S. The summed E-state index contributed by atoms with van der Waals surface area (Å²) >= 11 is 1.60. The molecule has 4 N–H and O–H groups in total. The fourth-order valence-electron chi connectivity index (χ4n) is 13.9. The summed E-state index contributed by atoms with van der Waals surface area (Å²) in [7, 11) is 0. The Morgan fingerprint density at radius 3 is 2.42 bits per heavy atom. The van der Waals surface area contributed by atoms with E-state index >= 15 is 0 Å². The van der Waals surface area contributed by atoms with E-state index < -0.39 is 0 Å². The monoisotopic (exact) mass is 928 g/mol. The Morgan fingerprint density at radius 2 is 1.63 bits per heavy atom. The van der Waals surface area contributed by atoms with Crippen molar-refractivity contribution in [1.82, 2.24) is 40.2 Å². The first-order valence-electron chi connectivity index (χ1n) is 25.0. The summed E-state index contributed by atoms with van der Waals surface area (Å²) in [4.78, 5) is 40.3. The van der Waals surface area contributed by atoms with Gasteiger partial charge >= 0.3 is 0 Å². The molecule has 2 atom stereocenters. The molecule has 5 fully saturated rings. The molecule has 0 spiro atoms. The number of benzene rings is 1. The molecule has 6 aliphatic rings. The molecule has 4 aromatic heterocycles. The molecular weight excluding hydrogens is 859 g/mol. The molecule has 2 unspecified atom stereocenters. The van der Waals surface area contributed by atoms with Crippen LogP contribution in [0.3, 0.4) is 0 Å². The summed E-state index contributed by atoms with van der Waals surface area (Å²) in [5.41, 5.74) is 12.1. The Kier molecular flexibility index (Phi) is 12.6. The number of unbranched alkanes of at least 4 members (excludes halogenated alkanes) is 4. The fourth-order valence-corrected chi connectivity index (χ4v) is 14.8. The Balaban J connectivity index is 0.911. The van der Waals surface area contributed by atoms with E-state index in [0.29, 0.717) is 36.8 Å². The largest absolute Gasteiger partial charge is 0.374 e. The Labute approximate surface area is 399 Å². The van der Waals surface area contributed by atoms with Crippen LogP contribution in [0.1, 0.15) is 137 Å². The van der Waals surface area contributed by atoms with Gasteiger partial charge in [-0.05, 0) is 144 Å². The van der Waals surface area contributed by atoms with Gasteiger partial charge in [0.25, 0.3) is 5.91 Å². The quantitative estimate of drug-likeness (QED) is 0.0675. The van der Waals surface area contributed by atoms with Gasteiger partial charge in [-0.15, -0.1) is 10.2 Å². The Hall–Kier alpha value is -4.99. The zero-order chi connectivity index (χ0) is 46.4. The molecule has 4 saturated carbocycles. The number of anilines is 4. The number of carbonyl (C=O) groups is 2. The number of fused-ring (bicyclic) bond motifs is 2. The number of rotatable bonds is 19. The van der Waals surface area contributed by atoms with Crippen LogP contribution in [-0.4, -0.2) is 91.6 Å². The average molecular weight is 928 g/mol. The lowest BCUT2D eigenvalue weighted by atomic mass is 9.39. The van der Waals surface area contributed by atoms with Gasteiger partial charge in [-0.3, -0.25) is 14.3 Å². The predicted molar refractivity (Wildman–Crippen MR) is 265 cm³/mol. The molecule has 15 heteroatoms. The van der Waals surface area contributed by atoms with Crippen LogP contribution in [0.2, 0.25) is 0 Å². The number of ether oxygens (including phenoxy) is 1. The van der Waals surface area contributed by atoms with Crippen LogP contribution < -0.4 is 21.3 Å². The number of nitrogens with one attached hydrogen (secondary N) is 2. The number of hydrogen-bond donors (Lipinski definition) is 3. The highest BCUT2D eigenvalue weighted by atomic mass is 32.1. The van der Waals surface area contributed by atoms with E-state index in [4.69, 9.17) is 30.6 Å². The van der Waals surface area contributed by atoms with E-state index in [2.05, 4.69) is 70.0 Å². The van der Waals surface area contributed by atoms with Crippen LogP contribution in [0.25, 0.3) is 21.3 Å². The maximum absolute atomic E-state index is 14.4. The lowest BCUT2D eigenvalue weighted by molar-refractivity contribution is -0.248. The molecule has 5 aromatic rings. The van der Waals surface area contributed by atoms with Crippen molar-refractivity contribution < 1.29 is 14.3 Å². The fraction of sp³-hybridized carbons (Fsp3) is 0.596. The molecule has 0 radical (unpaired) electrons. The van der Waals surface area contributed by atoms with Gasteiger partial charge < -0.3 is 30.9 Å². The number of thiazole rings is 1. The van der Waals surface area contributed by atoms with Crippen molar-refractivity contribution >= 4 is 56.0 Å². The highest BCUT2D eigenvalue weighted by molar-refractivity contribution is 7.22. The molecule has 356 valence electrons. The smallest absolute Gasteiger partial charge is 0.270 e. The number of nitrogens with zero attached hydrogens (tertiary/aromatic N) is 8. The first kappa shape index (κ1) is 45.8. The summed E-state index contributed by atoms with van der Waals surface area (Å²) in [5, 5.41) is 22.0. The second-order valence-electron chi connectivity index (χ2n) is 21.7. The van der Waals surface area contributed by atoms with Gasteiger partial charge in [0, 0.05) is 60.5 Å². The Morgan fingerprint density at radius 1 is 0.851 bits per heavy atom. The molecule has 1 saturated heterocycles. The molecule has 11 rings (SSSR count). The van der Waals surface area contributed by atoms with Gasteiger partial charge in [0.15, 0.2) is 16.8 Å². The van der Waals surface area contributed by atoms with Gasteiger partial charge in [-0.2, -0.15) is 5.10 Å². The molecule has 2 aliphatic heterocycles. The van der Waals surface area contributed by atoms with Crippen molar-refractivity contribution in [2.45, 2.75) is 143 Å². The molecule has 1 aromatic carbocycles. The van der Waals surface area contributed by atoms with E-state index in [9.17, 15) is 9.59 Å². The summed E-state index contributed by atoms with van der Waals surface area (Å²) in [6, 6.07) is 12.2. The number of aromatic nitrogens is 6. The molecule has 6 heterocycles. The molecule has 14 nitrogen and oxygen atoms in total. The third kappa shape index (κ3) is 9.57. The van der Waals surface area contributed by atoms with Gasteiger partial charge in [-0.25, -0.2) is 9.97 Å². The van der Waals surface area contributed by atoms with Gasteiger partial charge in [0.1, 0.15) is 11.5 Å². The van der Waals surface area contributed by atoms with Crippen molar-refractivity contribution in [3.8, 4) is 11.1 Å². The van der Waals surface area contributed by atoms with Gasteiger partial charge in [-0.1, -0.05) is 56.6 Å². The van der Waals surface area contributed by atoms with Crippen LogP contribution in [0.15, 0.2) is 42.6 Å². The minimum atomic E-state index is -0.255. The highest BCUT2D eigenvalue weighted by Gasteiger charge is 2.66. The Bertz CT molecular complexity index is 2580. The maximum Gasteiger partial charge on any atom is 0.270 e. The SMILES string of the molecule is Cc1c(Nc2nc3ccccc3s2)nnc2c1CCCN2c1ccc(-c2cnn(CC34CC5(C)CC(C)(C3)CC(OCCN3CCCC3)(C5)C4)c2C)c(C(=O)NCCCCCCCC(N)=O)n1. The summed E-state index contributed by atoms with van der Waals surface area (Å²) in [6.07, 6.45) is 18.3. The van der Waals surface area contributed by atoms with Crippen molar-refractivity contribution in [1.29, 1.82) is 0 Å². The van der Waals surface area contributed by atoms with Crippen molar-refractivity contribution in [2.24, 2.45) is 22.0 Å². The van der Waals surface area contributed by atoms with E-state index in [1.807, 2.05) is 30.5 Å². The highest BCUT2D eigenvalue weighted by Crippen LogP contribution is 2.72. The van der Waals surface area contributed by atoms with E-state index in [-0.39, 0.29) is 33.7 Å². The second-order valence-corrected chi connectivity index (χ2v) is 22.7. The van der Waals surface area contributed by atoms with Crippen LogP contribution in [0.5, 0.6) is 0 Å². The summed E-state index contributed by atoms with van der Waals surface area (Å²) in [6.45, 7) is 15.6. The topological polar surface area (TPSA) is 169 Å². The third-order valence-electron chi connectivity index (χ3n) is 15.7. The first-order valence-corrected chi connectivity index (χ1v) is 25.8. The molecule has 4 bridgehead atoms. The van der Waals surface area contributed by atoms with Gasteiger partial charge in [0.05, 0.1) is 28.6 Å². The number of nitrogens with two attached hydrogens (primary N) is 1. The van der Waals surface area contributed by atoms with E-state index in [1.54, 1.807) is 11.3 Å². The normalized spacial score (nSPS) is 25.5. The zero-order valence-electron chi connectivity index (χ0n) is 40.1. The number of primary amides is 1. The van der Waals surface area contributed by atoms with Crippen molar-refractivity contribution in [3.63, 3.8) is 0 Å². The minimum absolute atomic E-state index is 0.0825. The number of para-hydroxylation sites is 1. The first-order chi connectivity index (χ1) is 32.3. The van der Waals surface area contributed by atoms with Crippen molar-refractivity contribution in [3.05, 3.63) is 65.1 Å². The van der Waals surface area contributed by atoms with Crippen LogP contribution >= 0.6 is 11.3 Å². The lowest BCUT2D eigenvalue weighted by Crippen LogP contribution is -2.64. The van der Waals surface area contributed by atoms with Gasteiger partial charge in [0.2, 0.25) is 5.91 Å². The number of likely N-dealkylation sites (tertiary alicyclic amines) is 1. The van der Waals surface area contributed by atoms with Crippen LogP contribution in [0.4, 0.5) is 22.6 Å². The molecule has 67 heavy (non-hydrogen) atoms. The van der Waals surface area contributed by atoms with Crippen molar-refractivity contribution in [2.75, 3.05) is 49.5 Å². The van der Waals surface area contributed by atoms with Crippen LogP contribution in [-0.2, 0) is 22.5 Å². The van der Waals surface area contributed by atoms with E-state index in [0.717, 1.165) is 133 Å². The number of pyridine rings is 1. The number of carbonyl (C=O) groups excluding carboxylic acids is 2. The molecule has 2 amide bonds. The van der Waals surface area contributed by atoms with Crippen LogP contribution in [0, 0.1) is 30.1 Å².